The van der Waals surface area contributed by atoms with Crippen LogP contribution in [0.3, 0.4) is 0 Å². The first-order valence-electron chi connectivity index (χ1n) is 5.82. The van der Waals surface area contributed by atoms with Gasteiger partial charge in [0.1, 0.15) is 5.82 Å². The van der Waals surface area contributed by atoms with Crippen molar-refractivity contribution in [1.29, 1.82) is 0 Å². The molecule has 1 amide bonds. The molecule has 2 aromatic carbocycles. The van der Waals surface area contributed by atoms with Crippen molar-refractivity contribution < 1.29 is 13.9 Å². The van der Waals surface area contributed by atoms with Gasteiger partial charge in [0.2, 0.25) is 0 Å². The van der Waals surface area contributed by atoms with Crippen LogP contribution in [0.5, 0.6) is 5.75 Å². The van der Waals surface area contributed by atoms with Gasteiger partial charge in [-0.1, -0.05) is 17.7 Å². The minimum absolute atomic E-state index is 0.0353. The highest BCUT2D eigenvalue weighted by Gasteiger charge is 2.16. The number of rotatable bonds is 3. The van der Waals surface area contributed by atoms with Gasteiger partial charge in [-0.25, -0.2) is 4.39 Å². The Morgan fingerprint density at radius 3 is 2.81 bits per heavy atom. The minimum atomic E-state index is -0.651. The normalized spacial score (nSPS) is 10.3. The molecule has 0 aliphatic carbocycles. The van der Waals surface area contributed by atoms with Crippen molar-refractivity contribution in [2.75, 3.05) is 18.2 Å². The van der Waals surface area contributed by atoms with Gasteiger partial charge >= 0.3 is 0 Å². The number of methoxy groups -OCH3 is 1. The third-order valence-electron chi connectivity index (χ3n) is 2.76. The minimum Gasteiger partial charge on any atom is -0.493 e. The van der Waals surface area contributed by atoms with E-state index in [2.05, 4.69) is 21.2 Å². The Morgan fingerprint density at radius 1 is 1.43 bits per heavy atom. The monoisotopic (exact) mass is 372 g/mol. The molecule has 2 rings (SSSR count). The molecule has 0 aliphatic rings. The van der Waals surface area contributed by atoms with E-state index in [1.54, 1.807) is 6.07 Å². The number of carbonyl (C=O) groups excluding carboxylic acids is 1. The van der Waals surface area contributed by atoms with Gasteiger partial charge in [-0.05, 0) is 40.2 Å². The smallest absolute Gasteiger partial charge is 0.257 e. The molecule has 0 radical (unpaired) electrons. The molecule has 110 valence electrons. The molecule has 0 unspecified atom stereocenters. The summed E-state index contributed by atoms with van der Waals surface area (Å²) >= 11 is 9.23. The molecule has 7 heteroatoms. The highest BCUT2D eigenvalue weighted by molar-refractivity contribution is 9.10. The first kappa shape index (κ1) is 15.6. The predicted octanol–water partition coefficient (Wildman–Crippen LogP) is 4.08. The molecule has 0 fully saturated rings. The number of halogens is 3. The molecule has 2 aromatic rings. The lowest BCUT2D eigenvalue weighted by Crippen LogP contribution is -2.15. The second-order valence-corrected chi connectivity index (χ2v) is 5.41. The van der Waals surface area contributed by atoms with Crippen LogP contribution in [0.25, 0.3) is 0 Å². The van der Waals surface area contributed by atoms with Crippen molar-refractivity contribution in [2.24, 2.45) is 0 Å². The number of anilines is 2. The summed E-state index contributed by atoms with van der Waals surface area (Å²) < 4.78 is 19.2. The lowest BCUT2D eigenvalue weighted by atomic mass is 10.1. The second kappa shape index (κ2) is 6.32. The van der Waals surface area contributed by atoms with Crippen LogP contribution in [0.15, 0.2) is 34.8 Å². The molecule has 0 heterocycles. The Labute approximate surface area is 134 Å². The lowest BCUT2D eigenvalue weighted by Gasteiger charge is -2.13. The van der Waals surface area contributed by atoms with E-state index >= 15 is 0 Å². The van der Waals surface area contributed by atoms with Crippen molar-refractivity contribution in [1.82, 2.24) is 0 Å². The molecule has 0 aliphatic heterocycles. The van der Waals surface area contributed by atoms with E-state index in [0.717, 1.165) is 0 Å². The lowest BCUT2D eigenvalue weighted by molar-refractivity contribution is 0.102. The zero-order valence-corrected chi connectivity index (χ0v) is 13.3. The standard InChI is InChI=1S/C14H11BrClFN2O2/c1-21-13-9(15)5-7(16)6-11(13)19-14(20)8-3-2-4-10(17)12(8)18/h2-6H,18H2,1H3,(H,19,20). The Bertz CT molecular complexity index is 710. The molecule has 0 saturated heterocycles. The number of ether oxygens (including phenoxy) is 1. The SMILES string of the molecule is COc1c(Br)cc(Cl)cc1NC(=O)c1cccc(F)c1N. The first-order chi connectivity index (χ1) is 9.93. The van der Waals surface area contributed by atoms with Crippen LogP contribution in [0.1, 0.15) is 10.4 Å². The Hall–Kier alpha value is -1.79. The topological polar surface area (TPSA) is 64.3 Å². The van der Waals surface area contributed by atoms with E-state index in [1.165, 1.54) is 31.4 Å². The molecule has 0 bridgehead atoms. The summed E-state index contributed by atoms with van der Waals surface area (Å²) in [6.45, 7) is 0. The summed E-state index contributed by atoms with van der Waals surface area (Å²) in [5.41, 5.74) is 5.74. The fourth-order valence-corrected chi connectivity index (χ4v) is 2.76. The van der Waals surface area contributed by atoms with Gasteiger partial charge in [-0.3, -0.25) is 4.79 Å². The van der Waals surface area contributed by atoms with Gasteiger partial charge in [0.15, 0.2) is 5.75 Å². The quantitative estimate of drug-likeness (QED) is 0.797. The average molecular weight is 374 g/mol. The van der Waals surface area contributed by atoms with Crippen LogP contribution < -0.4 is 15.8 Å². The molecular formula is C14H11BrClFN2O2. The van der Waals surface area contributed by atoms with Crippen molar-refractivity contribution in [3.8, 4) is 5.75 Å². The molecule has 0 aromatic heterocycles. The van der Waals surface area contributed by atoms with Crippen LogP contribution in [-0.4, -0.2) is 13.0 Å². The summed E-state index contributed by atoms with van der Waals surface area (Å²) in [4.78, 5) is 12.2. The number of nitrogens with two attached hydrogens (primary N) is 1. The first-order valence-corrected chi connectivity index (χ1v) is 6.99. The second-order valence-electron chi connectivity index (χ2n) is 4.12. The summed E-state index contributed by atoms with van der Waals surface area (Å²) in [5.74, 6) is -0.802. The van der Waals surface area contributed by atoms with Crippen molar-refractivity contribution in [3.63, 3.8) is 0 Å². The van der Waals surface area contributed by atoms with Gasteiger partial charge < -0.3 is 15.8 Å². The number of para-hydroxylation sites is 1. The molecule has 0 saturated carbocycles. The van der Waals surface area contributed by atoms with Gasteiger partial charge in [-0.15, -0.1) is 0 Å². The predicted molar refractivity (Wildman–Crippen MR) is 84.5 cm³/mol. The van der Waals surface area contributed by atoms with E-state index < -0.39 is 11.7 Å². The number of nitrogen functional groups attached to an aromatic ring is 1. The van der Waals surface area contributed by atoms with Gasteiger partial charge in [-0.2, -0.15) is 0 Å². The molecule has 0 spiro atoms. The van der Waals surface area contributed by atoms with Crippen molar-refractivity contribution in [3.05, 3.63) is 51.2 Å². The number of hydrogen-bond acceptors (Lipinski definition) is 3. The highest BCUT2D eigenvalue weighted by Crippen LogP contribution is 2.36. The number of nitrogens with one attached hydrogen (secondary N) is 1. The fraction of sp³-hybridized carbons (Fsp3) is 0.0714. The van der Waals surface area contributed by atoms with Crippen LogP contribution in [0, 0.1) is 5.82 Å². The molecule has 0 atom stereocenters. The Kier molecular flexibility index (Phi) is 4.69. The number of benzene rings is 2. The van der Waals surface area contributed by atoms with Crippen LogP contribution in [-0.2, 0) is 0 Å². The van der Waals surface area contributed by atoms with Crippen LogP contribution in [0.2, 0.25) is 5.02 Å². The summed E-state index contributed by atoms with van der Waals surface area (Å²) in [7, 11) is 1.46. The largest absolute Gasteiger partial charge is 0.493 e. The third kappa shape index (κ3) is 3.28. The highest BCUT2D eigenvalue weighted by atomic mass is 79.9. The summed E-state index contributed by atoms with van der Waals surface area (Å²) in [5, 5.41) is 3.01. The van der Waals surface area contributed by atoms with Gasteiger partial charge in [0, 0.05) is 5.02 Å². The van der Waals surface area contributed by atoms with E-state index in [9.17, 15) is 9.18 Å². The average Bonchev–Trinajstić information content (AvgIpc) is 2.41. The summed E-state index contributed by atoms with van der Waals surface area (Å²) in [6, 6.07) is 7.18. The molecule has 21 heavy (non-hydrogen) atoms. The number of hydrogen-bond donors (Lipinski definition) is 2. The molecular weight excluding hydrogens is 363 g/mol. The van der Waals surface area contributed by atoms with Crippen LogP contribution >= 0.6 is 27.5 Å². The van der Waals surface area contributed by atoms with E-state index in [4.69, 9.17) is 22.1 Å². The third-order valence-corrected chi connectivity index (χ3v) is 3.57. The summed E-state index contributed by atoms with van der Waals surface area (Å²) in [6.07, 6.45) is 0. The maximum atomic E-state index is 13.4. The van der Waals surface area contributed by atoms with E-state index in [0.29, 0.717) is 20.9 Å². The molecule has 3 N–H and O–H groups in total. The van der Waals surface area contributed by atoms with E-state index in [1.807, 2.05) is 0 Å². The zero-order chi connectivity index (χ0) is 15.6. The van der Waals surface area contributed by atoms with Gasteiger partial charge in [0.25, 0.3) is 5.91 Å². The van der Waals surface area contributed by atoms with Crippen LogP contribution in [0.4, 0.5) is 15.8 Å². The zero-order valence-electron chi connectivity index (χ0n) is 10.9. The fourth-order valence-electron chi connectivity index (χ4n) is 1.79. The van der Waals surface area contributed by atoms with Crippen molar-refractivity contribution in [2.45, 2.75) is 0 Å². The van der Waals surface area contributed by atoms with Crippen molar-refractivity contribution >= 4 is 44.8 Å². The maximum Gasteiger partial charge on any atom is 0.257 e. The maximum absolute atomic E-state index is 13.4. The Balaban J connectivity index is 2.38. The molecule has 4 nitrogen and oxygen atoms in total. The van der Waals surface area contributed by atoms with E-state index in [-0.39, 0.29) is 11.3 Å². The Morgan fingerprint density at radius 2 is 2.14 bits per heavy atom. The van der Waals surface area contributed by atoms with Gasteiger partial charge in [0.05, 0.1) is 28.5 Å². The number of carbonyl (C=O) groups is 1. The number of amides is 1.